The Hall–Kier alpha value is -0.570. The van der Waals surface area contributed by atoms with Crippen LogP contribution >= 0.6 is 0 Å². The number of hydrogen-bond acceptors (Lipinski definition) is 2. The van der Waals surface area contributed by atoms with E-state index in [-0.39, 0.29) is 5.91 Å². The summed E-state index contributed by atoms with van der Waals surface area (Å²) in [6.45, 7) is 5.04. The summed E-state index contributed by atoms with van der Waals surface area (Å²) in [7, 11) is 0. The maximum atomic E-state index is 11.9. The second-order valence-corrected chi connectivity index (χ2v) is 4.94. The highest BCUT2D eigenvalue weighted by Crippen LogP contribution is 2.25. The number of nitrogens with two attached hydrogens (primary N) is 1. The Morgan fingerprint density at radius 1 is 1.40 bits per heavy atom. The van der Waals surface area contributed by atoms with Crippen LogP contribution in [0, 0.1) is 5.92 Å². The summed E-state index contributed by atoms with van der Waals surface area (Å²) in [5.74, 6) is 0.601. The summed E-state index contributed by atoms with van der Waals surface area (Å²) in [6, 6.07) is 0. The van der Waals surface area contributed by atoms with Crippen LogP contribution in [0.25, 0.3) is 0 Å². The molecule has 0 radical (unpaired) electrons. The Balaban J connectivity index is 2.37. The second-order valence-electron chi connectivity index (χ2n) is 4.94. The minimum absolute atomic E-state index is 0.0579. The first-order valence-electron chi connectivity index (χ1n) is 6.15. The molecule has 0 aromatic carbocycles. The lowest BCUT2D eigenvalue weighted by Gasteiger charge is -2.32. The Morgan fingerprint density at radius 3 is 2.53 bits per heavy atom. The summed E-state index contributed by atoms with van der Waals surface area (Å²) >= 11 is 0. The van der Waals surface area contributed by atoms with Gasteiger partial charge in [0.1, 0.15) is 0 Å². The van der Waals surface area contributed by atoms with E-state index in [1.54, 1.807) is 0 Å². The maximum absolute atomic E-state index is 11.9. The molecule has 1 saturated carbocycles. The van der Waals surface area contributed by atoms with Gasteiger partial charge in [0.15, 0.2) is 0 Å². The van der Waals surface area contributed by atoms with E-state index in [9.17, 15) is 4.79 Å². The average molecular weight is 212 g/mol. The lowest BCUT2D eigenvalue weighted by Crippen LogP contribution is -2.55. The molecule has 0 saturated heterocycles. The first-order chi connectivity index (χ1) is 7.08. The molecule has 0 bridgehead atoms. The van der Waals surface area contributed by atoms with Crippen molar-refractivity contribution < 1.29 is 4.79 Å². The number of nitrogens with one attached hydrogen (secondary N) is 1. The molecule has 1 unspecified atom stereocenters. The van der Waals surface area contributed by atoms with E-state index in [1.165, 1.54) is 6.42 Å². The first kappa shape index (κ1) is 12.5. The Kier molecular flexibility index (Phi) is 4.58. The topological polar surface area (TPSA) is 55.1 Å². The molecule has 1 fully saturated rings. The van der Waals surface area contributed by atoms with Gasteiger partial charge in [0.25, 0.3) is 0 Å². The third-order valence-electron chi connectivity index (χ3n) is 3.51. The van der Waals surface area contributed by atoms with Crippen LogP contribution in [0.5, 0.6) is 0 Å². The van der Waals surface area contributed by atoms with E-state index in [4.69, 9.17) is 5.73 Å². The van der Waals surface area contributed by atoms with Crippen molar-refractivity contribution in [2.45, 2.75) is 57.9 Å². The van der Waals surface area contributed by atoms with E-state index < -0.39 is 5.54 Å². The van der Waals surface area contributed by atoms with Gasteiger partial charge in [-0.1, -0.05) is 39.5 Å². The standard InChI is InChI=1S/C12H24N2O/c1-3-10(2)9-14-11(15)12(13)7-5-4-6-8-12/h10H,3-9,13H2,1-2H3,(H,14,15). The molecule has 15 heavy (non-hydrogen) atoms. The van der Waals surface area contributed by atoms with Crippen LogP contribution in [0.4, 0.5) is 0 Å². The number of amides is 1. The fourth-order valence-electron chi connectivity index (χ4n) is 2.00. The minimum atomic E-state index is -0.578. The Bertz CT molecular complexity index is 210. The highest BCUT2D eigenvalue weighted by Gasteiger charge is 2.34. The van der Waals surface area contributed by atoms with Crippen molar-refractivity contribution in [3.05, 3.63) is 0 Å². The molecule has 0 spiro atoms. The molecule has 0 aromatic heterocycles. The smallest absolute Gasteiger partial charge is 0.240 e. The fourth-order valence-corrected chi connectivity index (χ4v) is 2.00. The lowest BCUT2D eigenvalue weighted by molar-refractivity contribution is -0.127. The van der Waals surface area contributed by atoms with Gasteiger partial charge in [0.2, 0.25) is 5.91 Å². The number of rotatable bonds is 4. The highest BCUT2D eigenvalue weighted by atomic mass is 16.2. The number of hydrogen-bond donors (Lipinski definition) is 2. The molecule has 1 rings (SSSR count). The molecular weight excluding hydrogens is 188 g/mol. The molecule has 88 valence electrons. The van der Waals surface area contributed by atoms with E-state index in [0.717, 1.165) is 38.6 Å². The number of carbonyl (C=O) groups is 1. The van der Waals surface area contributed by atoms with Gasteiger partial charge in [-0.05, 0) is 18.8 Å². The molecule has 3 nitrogen and oxygen atoms in total. The lowest BCUT2D eigenvalue weighted by atomic mass is 9.82. The SMILES string of the molecule is CCC(C)CNC(=O)C1(N)CCCCC1. The van der Waals surface area contributed by atoms with Crippen molar-refractivity contribution in [1.82, 2.24) is 5.32 Å². The zero-order valence-corrected chi connectivity index (χ0v) is 10.0. The van der Waals surface area contributed by atoms with Crippen molar-refractivity contribution in [3.63, 3.8) is 0 Å². The molecule has 1 aliphatic rings. The Labute approximate surface area is 92.8 Å². The van der Waals surface area contributed by atoms with Crippen LogP contribution in [0.1, 0.15) is 52.4 Å². The van der Waals surface area contributed by atoms with Gasteiger partial charge in [0.05, 0.1) is 5.54 Å². The van der Waals surface area contributed by atoms with Crippen LogP contribution < -0.4 is 11.1 Å². The molecular formula is C12H24N2O. The van der Waals surface area contributed by atoms with Crippen LogP contribution in [-0.2, 0) is 4.79 Å². The van der Waals surface area contributed by atoms with Crippen molar-refractivity contribution >= 4 is 5.91 Å². The summed E-state index contributed by atoms with van der Waals surface area (Å²) in [4.78, 5) is 11.9. The summed E-state index contributed by atoms with van der Waals surface area (Å²) in [5, 5.41) is 2.98. The zero-order chi connectivity index (χ0) is 11.3. The Morgan fingerprint density at radius 2 is 2.00 bits per heavy atom. The van der Waals surface area contributed by atoms with Gasteiger partial charge < -0.3 is 11.1 Å². The van der Waals surface area contributed by atoms with E-state index in [2.05, 4.69) is 19.2 Å². The molecule has 1 aliphatic carbocycles. The average Bonchev–Trinajstić information content (AvgIpc) is 2.26. The van der Waals surface area contributed by atoms with E-state index in [0.29, 0.717) is 5.92 Å². The van der Waals surface area contributed by atoms with Gasteiger partial charge in [-0.3, -0.25) is 4.79 Å². The van der Waals surface area contributed by atoms with Crippen molar-refractivity contribution in [1.29, 1.82) is 0 Å². The molecule has 0 aliphatic heterocycles. The minimum Gasteiger partial charge on any atom is -0.354 e. The summed E-state index contributed by atoms with van der Waals surface area (Å²) in [6.07, 6.45) is 6.19. The quantitative estimate of drug-likeness (QED) is 0.746. The normalized spacial score (nSPS) is 22.1. The van der Waals surface area contributed by atoms with Crippen molar-refractivity contribution in [3.8, 4) is 0 Å². The van der Waals surface area contributed by atoms with E-state index >= 15 is 0 Å². The molecule has 1 atom stereocenters. The molecule has 3 heteroatoms. The molecule has 0 heterocycles. The molecule has 3 N–H and O–H groups in total. The zero-order valence-electron chi connectivity index (χ0n) is 10.0. The van der Waals surface area contributed by atoms with Gasteiger partial charge in [0, 0.05) is 6.54 Å². The predicted octanol–water partition coefficient (Wildman–Crippen LogP) is 1.81. The first-order valence-corrected chi connectivity index (χ1v) is 6.15. The van der Waals surface area contributed by atoms with Gasteiger partial charge in [-0.15, -0.1) is 0 Å². The largest absolute Gasteiger partial charge is 0.354 e. The second kappa shape index (κ2) is 5.50. The highest BCUT2D eigenvalue weighted by molar-refractivity contribution is 5.86. The number of carbonyl (C=O) groups excluding carboxylic acids is 1. The van der Waals surface area contributed by atoms with Gasteiger partial charge in [-0.2, -0.15) is 0 Å². The van der Waals surface area contributed by atoms with Crippen molar-refractivity contribution in [2.24, 2.45) is 11.7 Å². The summed E-state index contributed by atoms with van der Waals surface area (Å²) in [5.41, 5.74) is 5.54. The maximum Gasteiger partial charge on any atom is 0.240 e. The van der Waals surface area contributed by atoms with E-state index in [1.807, 2.05) is 0 Å². The monoisotopic (exact) mass is 212 g/mol. The third kappa shape index (κ3) is 3.49. The van der Waals surface area contributed by atoms with Crippen LogP contribution in [-0.4, -0.2) is 18.0 Å². The fraction of sp³-hybridized carbons (Fsp3) is 0.917. The summed E-state index contributed by atoms with van der Waals surface area (Å²) < 4.78 is 0. The van der Waals surface area contributed by atoms with Crippen LogP contribution in [0.15, 0.2) is 0 Å². The van der Waals surface area contributed by atoms with Gasteiger partial charge >= 0.3 is 0 Å². The third-order valence-corrected chi connectivity index (χ3v) is 3.51. The van der Waals surface area contributed by atoms with Crippen LogP contribution in [0.3, 0.4) is 0 Å². The van der Waals surface area contributed by atoms with Gasteiger partial charge in [-0.25, -0.2) is 0 Å². The van der Waals surface area contributed by atoms with Crippen LogP contribution in [0.2, 0.25) is 0 Å². The molecule has 0 aromatic rings. The predicted molar refractivity (Wildman–Crippen MR) is 62.5 cm³/mol. The molecule has 1 amide bonds. The van der Waals surface area contributed by atoms with Crippen molar-refractivity contribution in [2.75, 3.05) is 6.54 Å².